The Kier molecular flexibility index (Phi) is 2.94. The third-order valence-corrected chi connectivity index (χ3v) is 6.68. The summed E-state index contributed by atoms with van der Waals surface area (Å²) in [4.78, 5) is 24.5. The van der Waals surface area contributed by atoms with Gasteiger partial charge in [0.25, 0.3) is 0 Å². The minimum absolute atomic E-state index is 0.0870. The molecule has 4 aliphatic carbocycles. The number of rotatable bonds is 3. The molecule has 1 aromatic heterocycles. The van der Waals surface area contributed by atoms with Crippen LogP contribution in [0.4, 0.5) is 5.69 Å². The second-order valence-corrected chi connectivity index (χ2v) is 8.11. The first-order valence-electron chi connectivity index (χ1n) is 8.93. The summed E-state index contributed by atoms with van der Waals surface area (Å²) in [5.74, 6) is 2.56. The highest BCUT2D eigenvalue weighted by atomic mass is 16.4. The quantitative estimate of drug-likeness (QED) is 0.930. The maximum atomic E-state index is 12.7. The molecule has 4 nitrogen and oxygen atoms in total. The molecule has 2 unspecified atom stereocenters. The molecule has 4 aliphatic rings. The van der Waals surface area contributed by atoms with Gasteiger partial charge in [0, 0.05) is 17.5 Å². The third kappa shape index (κ3) is 2.05. The van der Waals surface area contributed by atoms with Crippen LogP contribution < -0.4 is 10.9 Å². The summed E-state index contributed by atoms with van der Waals surface area (Å²) in [5.41, 5.74) is 0.592. The molecule has 0 aliphatic heterocycles. The number of carbonyl (C=O) groups is 1. The molecule has 4 bridgehead atoms. The zero-order valence-electron chi connectivity index (χ0n) is 13.6. The molecule has 2 atom stereocenters. The fraction of sp³-hybridized carbons (Fsp3) is 0.500. The highest BCUT2D eigenvalue weighted by Gasteiger charge is 2.57. The van der Waals surface area contributed by atoms with E-state index in [1.807, 2.05) is 6.07 Å². The van der Waals surface area contributed by atoms with Gasteiger partial charge in [0.1, 0.15) is 0 Å². The van der Waals surface area contributed by atoms with E-state index in [0.717, 1.165) is 23.1 Å². The molecule has 1 amide bonds. The minimum Gasteiger partial charge on any atom is -0.431 e. The predicted octanol–water partition coefficient (Wildman–Crippen LogP) is 3.95. The number of hydrogen-bond donors (Lipinski definition) is 1. The van der Waals surface area contributed by atoms with E-state index in [4.69, 9.17) is 4.42 Å². The Balaban J connectivity index is 1.40. The standard InChI is InChI=1S/C20H21NO3/c22-18(11-20-9-12-6-13(10-20)8-14(20)7-12)21-17-3-1-2-16-15(17)4-5-24-19(16)23/h1-5,12-14H,6-11H2,(H,21,22). The second-order valence-electron chi connectivity index (χ2n) is 8.11. The number of carbonyl (C=O) groups excluding carboxylic acids is 1. The van der Waals surface area contributed by atoms with Crippen molar-refractivity contribution in [1.29, 1.82) is 0 Å². The van der Waals surface area contributed by atoms with Crippen molar-refractivity contribution >= 4 is 22.4 Å². The molecule has 4 saturated carbocycles. The Morgan fingerprint density at radius 1 is 1.12 bits per heavy atom. The summed E-state index contributed by atoms with van der Waals surface area (Å²) in [5, 5.41) is 4.31. The van der Waals surface area contributed by atoms with Gasteiger partial charge in [-0.2, -0.15) is 0 Å². The van der Waals surface area contributed by atoms with Crippen molar-refractivity contribution in [3.8, 4) is 0 Å². The van der Waals surface area contributed by atoms with Gasteiger partial charge in [-0.1, -0.05) is 6.07 Å². The summed E-state index contributed by atoms with van der Waals surface area (Å²) >= 11 is 0. The lowest BCUT2D eigenvalue weighted by Crippen LogP contribution is -2.29. The molecule has 0 saturated heterocycles. The Hall–Kier alpha value is -2.10. The van der Waals surface area contributed by atoms with E-state index in [1.165, 1.54) is 38.4 Å². The van der Waals surface area contributed by atoms with Gasteiger partial charge in [-0.15, -0.1) is 0 Å². The molecule has 4 fully saturated rings. The SMILES string of the molecule is O=C(CC12CC3CC(CC1C3)C2)Nc1cccc2c(=O)occc12. The van der Waals surface area contributed by atoms with Crippen molar-refractivity contribution in [3.05, 3.63) is 40.9 Å². The molecule has 4 heteroatoms. The summed E-state index contributed by atoms with van der Waals surface area (Å²) < 4.78 is 4.91. The van der Waals surface area contributed by atoms with Crippen LogP contribution in [0.5, 0.6) is 0 Å². The molecular formula is C20H21NO3. The van der Waals surface area contributed by atoms with E-state index in [2.05, 4.69) is 5.32 Å². The molecule has 1 heterocycles. The summed E-state index contributed by atoms with van der Waals surface area (Å²) in [6.07, 6.45) is 8.54. The zero-order chi connectivity index (χ0) is 16.3. The zero-order valence-corrected chi connectivity index (χ0v) is 13.6. The second kappa shape index (κ2) is 4.95. The Morgan fingerprint density at radius 2 is 1.92 bits per heavy atom. The number of anilines is 1. The number of nitrogens with one attached hydrogen (secondary N) is 1. The van der Waals surface area contributed by atoms with Crippen molar-refractivity contribution in [2.75, 3.05) is 5.32 Å². The van der Waals surface area contributed by atoms with E-state index >= 15 is 0 Å². The van der Waals surface area contributed by atoms with Crippen LogP contribution in [0.2, 0.25) is 0 Å². The van der Waals surface area contributed by atoms with E-state index in [1.54, 1.807) is 18.2 Å². The molecule has 1 aromatic carbocycles. The van der Waals surface area contributed by atoms with Crippen LogP contribution in [-0.4, -0.2) is 5.91 Å². The summed E-state index contributed by atoms with van der Waals surface area (Å²) in [6, 6.07) is 7.12. The topological polar surface area (TPSA) is 59.3 Å². The lowest BCUT2D eigenvalue weighted by Gasteiger charge is -2.32. The fourth-order valence-corrected chi connectivity index (χ4v) is 6.03. The van der Waals surface area contributed by atoms with Crippen LogP contribution in [-0.2, 0) is 4.79 Å². The molecular weight excluding hydrogens is 302 g/mol. The Bertz CT molecular complexity index is 870. The van der Waals surface area contributed by atoms with Crippen LogP contribution in [0.3, 0.4) is 0 Å². The lowest BCUT2D eigenvalue weighted by atomic mass is 9.73. The predicted molar refractivity (Wildman–Crippen MR) is 91.7 cm³/mol. The maximum Gasteiger partial charge on any atom is 0.343 e. The first-order chi connectivity index (χ1) is 11.6. The number of hydrogen-bond acceptors (Lipinski definition) is 3. The van der Waals surface area contributed by atoms with Crippen LogP contribution in [0, 0.1) is 23.2 Å². The molecule has 124 valence electrons. The van der Waals surface area contributed by atoms with Gasteiger partial charge in [0.05, 0.1) is 11.6 Å². The minimum atomic E-state index is -0.367. The number of benzene rings is 1. The van der Waals surface area contributed by atoms with Crippen LogP contribution in [0.15, 0.2) is 39.7 Å². The molecule has 0 radical (unpaired) electrons. The van der Waals surface area contributed by atoms with Gasteiger partial charge < -0.3 is 9.73 Å². The van der Waals surface area contributed by atoms with Crippen molar-refractivity contribution < 1.29 is 9.21 Å². The third-order valence-electron chi connectivity index (χ3n) is 6.68. The number of fused-ring (bicyclic) bond motifs is 1. The van der Waals surface area contributed by atoms with E-state index in [-0.39, 0.29) is 16.9 Å². The van der Waals surface area contributed by atoms with Crippen LogP contribution in [0.1, 0.15) is 38.5 Å². The van der Waals surface area contributed by atoms with Gasteiger partial charge in [-0.05, 0) is 73.5 Å². The molecule has 1 N–H and O–H groups in total. The molecule has 0 spiro atoms. The Morgan fingerprint density at radius 3 is 2.71 bits per heavy atom. The van der Waals surface area contributed by atoms with E-state index in [9.17, 15) is 9.59 Å². The van der Waals surface area contributed by atoms with Crippen molar-refractivity contribution in [1.82, 2.24) is 0 Å². The first kappa shape index (κ1) is 14.3. The lowest BCUT2D eigenvalue weighted by molar-refractivity contribution is -0.119. The monoisotopic (exact) mass is 323 g/mol. The first-order valence-corrected chi connectivity index (χ1v) is 8.93. The largest absolute Gasteiger partial charge is 0.431 e. The van der Waals surface area contributed by atoms with Gasteiger partial charge in [0.2, 0.25) is 5.91 Å². The van der Waals surface area contributed by atoms with Gasteiger partial charge in [-0.3, -0.25) is 4.79 Å². The van der Waals surface area contributed by atoms with Gasteiger partial charge >= 0.3 is 5.63 Å². The molecule has 24 heavy (non-hydrogen) atoms. The highest BCUT2D eigenvalue weighted by molar-refractivity contribution is 6.01. The van der Waals surface area contributed by atoms with E-state index in [0.29, 0.717) is 17.5 Å². The van der Waals surface area contributed by atoms with E-state index < -0.39 is 0 Å². The number of amides is 1. The van der Waals surface area contributed by atoms with Crippen LogP contribution >= 0.6 is 0 Å². The maximum absolute atomic E-state index is 12.7. The molecule has 6 rings (SSSR count). The average molecular weight is 323 g/mol. The smallest absolute Gasteiger partial charge is 0.343 e. The normalized spacial score (nSPS) is 33.2. The van der Waals surface area contributed by atoms with Gasteiger partial charge in [-0.25, -0.2) is 4.79 Å². The average Bonchev–Trinajstić information content (AvgIpc) is 2.92. The van der Waals surface area contributed by atoms with Crippen molar-refractivity contribution in [2.45, 2.75) is 38.5 Å². The van der Waals surface area contributed by atoms with Crippen molar-refractivity contribution in [2.24, 2.45) is 23.2 Å². The molecule has 2 aromatic rings. The highest BCUT2D eigenvalue weighted by Crippen LogP contribution is 2.66. The van der Waals surface area contributed by atoms with Gasteiger partial charge in [0.15, 0.2) is 0 Å². The van der Waals surface area contributed by atoms with Crippen molar-refractivity contribution in [3.63, 3.8) is 0 Å². The summed E-state index contributed by atoms with van der Waals surface area (Å²) in [6.45, 7) is 0. The fourth-order valence-electron chi connectivity index (χ4n) is 6.03. The Labute approximate surface area is 140 Å². The summed E-state index contributed by atoms with van der Waals surface area (Å²) in [7, 11) is 0. The van der Waals surface area contributed by atoms with Crippen LogP contribution in [0.25, 0.3) is 10.8 Å².